The van der Waals surface area contributed by atoms with Crippen molar-refractivity contribution in [3.8, 4) is 0 Å². The van der Waals surface area contributed by atoms with Gasteiger partial charge in [0.1, 0.15) is 12.1 Å². The minimum atomic E-state index is -4.23. The van der Waals surface area contributed by atoms with Crippen molar-refractivity contribution in [2.45, 2.75) is 57.8 Å². The Labute approximate surface area is 110 Å². The smallest absolute Gasteiger partial charge is 0.343 e. The molecule has 0 radical (unpaired) electrons. The highest BCUT2D eigenvalue weighted by molar-refractivity contribution is 5.96. The lowest BCUT2D eigenvalue weighted by molar-refractivity contribution is -0.151. The molecule has 1 aliphatic rings. The molecule has 0 aromatic rings. The lowest BCUT2D eigenvalue weighted by Gasteiger charge is -2.37. The van der Waals surface area contributed by atoms with E-state index in [0.29, 0.717) is 6.42 Å². The molecule has 0 aromatic carbocycles. The Balaban J connectivity index is 2.62. The minimum absolute atomic E-state index is 0.0346. The lowest BCUT2D eigenvalue weighted by atomic mass is 10.0. The molecule has 0 aromatic heterocycles. The summed E-state index contributed by atoms with van der Waals surface area (Å²) in [7, 11) is 0. The number of hydrogen-bond acceptors (Lipinski definition) is 2. The van der Waals surface area contributed by atoms with Crippen molar-refractivity contribution in [2.75, 3.05) is 6.54 Å². The first-order chi connectivity index (χ1) is 8.76. The number of nitrogens with one attached hydrogen (secondary N) is 1. The largest absolute Gasteiger partial charge is 0.389 e. The van der Waals surface area contributed by atoms with Crippen LogP contribution in [0.4, 0.5) is 13.2 Å². The van der Waals surface area contributed by atoms with Gasteiger partial charge >= 0.3 is 6.18 Å². The molecule has 0 spiro atoms. The molecule has 1 fully saturated rings. The highest BCUT2D eigenvalue weighted by Gasteiger charge is 2.37. The summed E-state index contributed by atoms with van der Waals surface area (Å²) >= 11 is 0. The zero-order valence-electron chi connectivity index (χ0n) is 11.1. The predicted octanol–water partition coefficient (Wildman–Crippen LogP) is 1.84. The standard InChI is InChI=1S/C12H19F3N2O2/c1-3-5-9-11(19)17(8(2)10(18)16-9)7-4-6-12(13,14)15/h8-9H,3-7H2,1-2H3,(H,16,18). The average molecular weight is 280 g/mol. The van der Waals surface area contributed by atoms with Crippen LogP contribution >= 0.6 is 0 Å². The van der Waals surface area contributed by atoms with E-state index in [-0.39, 0.29) is 24.8 Å². The number of halogens is 3. The Morgan fingerprint density at radius 2 is 1.95 bits per heavy atom. The van der Waals surface area contributed by atoms with Crippen molar-refractivity contribution in [1.29, 1.82) is 0 Å². The van der Waals surface area contributed by atoms with E-state index in [1.807, 2.05) is 6.92 Å². The molecule has 0 aliphatic carbocycles. The van der Waals surface area contributed by atoms with Crippen LogP contribution in [-0.4, -0.2) is 41.5 Å². The molecule has 1 rings (SSSR count). The third-order valence-electron chi connectivity index (χ3n) is 3.18. The summed E-state index contributed by atoms with van der Waals surface area (Å²) < 4.78 is 36.3. The topological polar surface area (TPSA) is 49.4 Å². The molecule has 0 saturated carbocycles. The van der Waals surface area contributed by atoms with Crippen LogP contribution in [0.2, 0.25) is 0 Å². The summed E-state index contributed by atoms with van der Waals surface area (Å²) in [4.78, 5) is 25.0. The summed E-state index contributed by atoms with van der Waals surface area (Å²) in [6, 6.07) is -1.30. The molecule has 1 N–H and O–H groups in total. The summed E-state index contributed by atoms with van der Waals surface area (Å²) in [5, 5.41) is 2.60. The van der Waals surface area contributed by atoms with E-state index in [0.717, 1.165) is 6.42 Å². The number of nitrogens with zero attached hydrogens (tertiary/aromatic N) is 1. The van der Waals surface area contributed by atoms with Crippen LogP contribution in [0.25, 0.3) is 0 Å². The zero-order chi connectivity index (χ0) is 14.6. The summed E-state index contributed by atoms with van der Waals surface area (Å²) in [5.41, 5.74) is 0. The first-order valence-corrected chi connectivity index (χ1v) is 6.44. The molecule has 2 unspecified atom stereocenters. The number of amides is 2. The van der Waals surface area contributed by atoms with Crippen LogP contribution in [-0.2, 0) is 9.59 Å². The molecule has 110 valence electrons. The van der Waals surface area contributed by atoms with E-state index in [4.69, 9.17) is 0 Å². The number of alkyl halides is 3. The van der Waals surface area contributed by atoms with Crippen LogP contribution in [0, 0.1) is 0 Å². The van der Waals surface area contributed by atoms with Gasteiger partial charge in [-0.15, -0.1) is 0 Å². The van der Waals surface area contributed by atoms with Crippen molar-refractivity contribution in [1.82, 2.24) is 10.2 Å². The van der Waals surface area contributed by atoms with Crippen molar-refractivity contribution in [2.24, 2.45) is 0 Å². The number of rotatable bonds is 5. The molecule has 1 heterocycles. The highest BCUT2D eigenvalue weighted by Crippen LogP contribution is 2.22. The molecule has 1 saturated heterocycles. The van der Waals surface area contributed by atoms with Gasteiger partial charge in [-0.1, -0.05) is 13.3 Å². The molecular weight excluding hydrogens is 261 g/mol. The van der Waals surface area contributed by atoms with E-state index >= 15 is 0 Å². The Morgan fingerprint density at radius 1 is 1.32 bits per heavy atom. The third-order valence-corrected chi connectivity index (χ3v) is 3.18. The fourth-order valence-electron chi connectivity index (χ4n) is 2.12. The minimum Gasteiger partial charge on any atom is -0.343 e. The average Bonchev–Trinajstić information content (AvgIpc) is 2.29. The number of hydrogen-bond donors (Lipinski definition) is 1. The highest BCUT2D eigenvalue weighted by atomic mass is 19.4. The van der Waals surface area contributed by atoms with E-state index in [9.17, 15) is 22.8 Å². The van der Waals surface area contributed by atoms with Crippen molar-refractivity contribution < 1.29 is 22.8 Å². The SMILES string of the molecule is CCCC1NC(=O)C(C)N(CCCC(F)(F)F)C1=O. The second kappa shape index (κ2) is 6.25. The third kappa shape index (κ3) is 4.40. The van der Waals surface area contributed by atoms with Gasteiger partial charge < -0.3 is 10.2 Å². The predicted molar refractivity (Wildman–Crippen MR) is 63.3 cm³/mol. The Morgan fingerprint density at radius 3 is 2.47 bits per heavy atom. The van der Waals surface area contributed by atoms with Crippen LogP contribution in [0.15, 0.2) is 0 Å². The Kier molecular flexibility index (Phi) is 5.20. The monoisotopic (exact) mass is 280 g/mol. The fourth-order valence-corrected chi connectivity index (χ4v) is 2.12. The van der Waals surface area contributed by atoms with E-state index in [1.54, 1.807) is 0 Å². The molecule has 4 nitrogen and oxygen atoms in total. The first kappa shape index (κ1) is 15.8. The summed E-state index contributed by atoms with van der Waals surface area (Å²) in [5.74, 6) is -0.582. The van der Waals surface area contributed by atoms with Gasteiger partial charge in [-0.25, -0.2) is 0 Å². The maximum atomic E-state index is 12.1. The van der Waals surface area contributed by atoms with Gasteiger partial charge in [0.15, 0.2) is 0 Å². The van der Waals surface area contributed by atoms with Gasteiger partial charge in [0.25, 0.3) is 0 Å². The molecule has 2 amide bonds. The van der Waals surface area contributed by atoms with Crippen LogP contribution in [0.5, 0.6) is 0 Å². The molecule has 1 aliphatic heterocycles. The van der Waals surface area contributed by atoms with Crippen LogP contribution in [0.1, 0.15) is 39.5 Å². The van der Waals surface area contributed by atoms with E-state index in [2.05, 4.69) is 5.32 Å². The van der Waals surface area contributed by atoms with Gasteiger partial charge in [0.2, 0.25) is 11.8 Å². The second-order valence-corrected chi connectivity index (χ2v) is 4.78. The second-order valence-electron chi connectivity index (χ2n) is 4.78. The number of piperazine rings is 1. The quantitative estimate of drug-likeness (QED) is 0.835. The van der Waals surface area contributed by atoms with Crippen molar-refractivity contribution in [3.05, 3.63) is 0 Å². The molecule has 7 heteroatoms. The summed E-state index contributed by atoms with van der Waals surface area (Å²) in [6.07, 6.45) is -4.11. The maximum absolute atomic E-state index is 12.1. The lowest BCUT2D eigenvalue weighted by Crippen LogP contribution is -2.62. The zero-order valence-corrected chi connectivity index (χ0v) is 11.1. The van der Waals surface area contributed by atoms with Gasteiger partial charge in [0.05, 0.1) is 0 Å². The van der Waals surface area contributed by atoms with Gasteiger partial charge in [-0.2, -0.15) is 13.2 Å². The first-order valence-electron chi connectivity index (χ1n) is 6.44. The van der Waals surface area contributed by atoms with Crippen LogP contribution in [0.3, 0.4) is 0 Å². The normalized spacial score (nSPS) is 24.6. The maximum Gasteiger partial charge on any atom is 0.389 e. The van der Waals surface area contributed by atoms with Crippen LogP contribution < -0.4 is 5.32 Å². The fraction of sp³-hybridized carbons (Fsp3) is 0.833. The van der Waals surface area contributed by atoms with E-state index < -0.39 is 24.7 Å². The number of carbonyl (C=O) groups is 2. The van der Waals surface area contributed by atoms with Gasteiger partial charge in [0, 0.05) is 13.0 Å². The molecular formula is C12H19F3N2O2. The number of carbonyl (C=O) groups excluding carboxylic acids is 2. The van der Waals surface area contributed by atoms with Crippen molar-refractivity contribution >= 4 is 11.8 Å². The molecule has 19 heavy (non-hydrogen) atoms. The molecule has 2 atom stereocenters. The Bertz CT molecular complexity index is 344. The summed E-state index contributed by atoms with van der Waals surface area (Å²) in [6.45, 7) is 3.38. The van der Waals surface area contributed by atoms with Gasteiger partial charge in [-0.3, -0.25) is 9.59 Å². The van der Waals surface area contributed by atoms with Crippen molar-refractivity contribution in [3.63, 3.8) is 0 Å². The molecule has 0 bridgehead atoms. The van der Waals surface area contributed by atoms with Gasteiger partial charge in [-0.05, 0) is 19.8 Å². The van der Waals surface area contributed by atoms with E-state index in [1.165, 1.54) is 11.8 Å². The Hall–Kier alpha value is -1.27.